The van der Waals surface area contributed by atoms with Crippen LogP contribution in [0.25, 0.3) is 0 Å². The fourth-order valence-corrected chi connectivity index (χ4v) is 1.55. The maximum Gasteiger partial charge on any atom is 0.326 e. The maximum atomic E-state index is 12.0. The molecule has 18 heavy (non-hydrogen) atoms. The van der Waals surface area contributed by atoms with E-state index in [0.29, 0.717) is 6.42 Å². The molecule has 0 amide bonds. The molecule has 0 fully saturated rings. The van der Waals surface area contributed by atoms with Crippen molar-refractivity contribution < 1.29 is 9.53 Å². The molecule has 0 bridgehead atoms. The number of ether oxygens (including phenoxy) is 1. The molecule has 0 heterocycles. The molecule has 100 valence electrons. The molecular formula is C15H23NO2. The van der Waals surface area contributed by atoms with Gasteiger partial charge in [0.2, 0.25) is 0 Å². The smallest absolute Gasteiger partial charge is 0.326 e. The Hall–Kier alpha value is -1.35. The van der Waals surface area contributed by atoms with Gasteiger partial charge in [-0.15, -0.1) is 0 Å². The standard InChI is InChI=1S/C15H23NO2/c1-14(2,3)18-13(17)15(4,16)11-10-12-8-6-5-7-9-12/h5-9H,10-11,16H2,1-4H3. The van der Waals surface area contributed by atoms with E-state index in [1.54, 1.807) is 6.92 Å². The van der Waals surface area contributed by atoms with Gasteiger partial charge in [0.25, 0.3) is 0 Å². The van der Waals surface area contributed by atoms with Crippen LogP contribution in [0.5, 0.6) is 0 Å². The summed E-state index contributed by atoms with van der Waals surface area (Å²) in [7, 11) is 0. The van der Waals surface area contributed by atoms with Gasteiger partial charge < -0.3 is 10.5 Å². The van der Waals surface area contributed by atoms with Gasteiger partial charge in [0.15, 0.2) is 0 Å². The summed E-state index contributed by atoms with van der Waals surface area (Å²) in [5, 5.41) is 0. The second-order valence-electron chi connectivity index (χ2n) is 5.90. The average Bonchev–Trinajstić information content (AvgIpc) is 2.26. The quantitative estimate of drug-likeness (QED) is 0.835. The van der Waals surface area contributed by atoms with Gasteiger partial charge in [-0.05, 0) is 46.1 Å². The van der Waals surface area contributed by atoms with Crippen LogP contribution in [0.1, 0.15) is 39.7 Å². The summed E-state index contributed by atoms with van der Waals surface area (Å²) >= 11 is 0. The lowest BCUT2D eigenvalue weighted by Gasteiger charge is -2.28. The molecule has 0 saturated carbocycles. The topological polar surface area (TPSA) is 52.3 Å². The Morgan fingerprint density at radius 2 is 1.72 bits per heavy atom. The first-order valence-corrected chi connectivity index (χ1v) is 6.27. The molecule has 0 radical (unpaired) electrons. The summed E-state index contributed by atoms with van der Waals surface area (Å²) in [4.78, 5) is 12.0. The number of carbonyl (C=O) groups is 1. The van der Waals surface area contributed by atoms with Gasteiger partial charge >= 0.3 is 5.97 Å². The zero-order valence-electron chi connectivity index (χ0n) is 11.7. The first-order chi connectivity index (χ1) is 8.21. The molecule has 3 nitrogen and oxygen atoms in total. The van der Waals surface area contributed by atoms with Gasteiger partial charge in [-0.3, -0.25) is 4.79 Å². The monoisotopic (exact) mass is 249 g/mol. The molecule has 0 aromatic heterocycles. The minimum absolute atomic E-state index is 0.342. The Labute approximate surface area is 109 Å². The van der Waals surface area contributed by atoms with E-state index in [-0.39, 0.29) is 5.97 Å². The van der Waals surface area contributed by atoms with Gasteiger partial charge in [-0.2, -0.15) is 0 Å². The third kappa shape index (κ3) is 4.88. The molecule has 1 aromatic rings. The number of esters is 1. The van der Waals surface area contributed by atoms with Crippen LogP contribution in [0, 0.1) is 0 Å². The molecule has 0 aliphatic heterocycles. The highest BCUT2D eigenvalue weighted by Gasteiger charge is 2.32. The molecule has 0 saturated heterocycles. The Morgan fingerprint density at radius 3 is 2.22 bits per heavy atom. The molecule has 1 unspecified atom stereocenters. The Balaban J connectivity index is 2.57. The number of nitrogens with two attached hydrogens (primary N) is 1. The molecule has 3 heteroatoms. The lowest BCUT2D eigenvalue weighted by atomic mass is 9.94. The van der Waals surface area contributed by atoms with E-state index in [4.69, 9.17) is 10.5 Å². The predicted molar refractivity (Wildman–Crippen MR) is 73.2 cm³/mol. The lowest BCUT2D eigenvalue weighted by molar-refractivity contribution is -0.161. The number of hydrogen-bond donors (Lipinski definition) is 1. The summed E-state index contributed by atoms with van der Waals surface area (Å²) < 4.78 is 5.33. The third-order valence-electron chi connectivity index (χ3n) is 2.64. The SMILES string of the molecule is CC(C)(C)OC(=O)C(C)(N)CCc1ccccc1. The van der Waals surface area contributed by atoms with Crippen molar-refractivity contribution in [3.8, 4) is 0 Å². The first-order valence-electron chi connectivity index (χ1n) is 6.27. The number of carbonyl (C=O) groups excluding carboxylic acids is 1. The van der Waals surface area contributed by atoms with Crippen LogP contribution in [0.3, 0.4) is 0 Å². The normalized spacial score (nSPS) is 14.9. The van der Waals surface area contributed by atoms with Crippen LogP contribution < -0.4 is 5.73 Å². The van der Waals surface area contributed by atoms with Crippen LogP contribution in [0.2, 0.25) is 0 Å². The highest BCUT2D eigenvalue weighted by atomic mass is 16.6. The number of hydrogen-bond acceptors (Lipinski definition) is 3. The highest BCUT2D eigenvalue weighted by Crippen LogP contribution is 2.17. The zero-order valence-corrected chi connectivity index (χ0v) is 11.7. The van der Waals surface area contributed by atoms with E-state index >= 15 is 0 Å². The van der Waals surface area contributed by atoms with Crippen molar-refractivity contribution >= 4 is 5.97 Å². The Bertz CT molecular complexity index is 391. The molecule has 1 rings (SSSR count). The number of aryl methyl sites for hydroxylation is 1. The minimum atomic E-state index is -0.941. The fraction of sp³-hybridized carbons (Fsp3) is 0.533. The summed E-state index contributed by atoms with van der Waals surface area (Å²) in [6.45, 7) is 7.26. The molecule has 0 spiro atoms. The van der Waals surface area contributed by atoms with E-state index in [0.717, 1.165) is 6.42 Å². The Morgan fingerprint density at radius 1 is 1.17 bits per heavy atom. The lowest BCUT2D eigenvalue weighted by Crippen LogP contribution is -2.48. The maximum absolute atomic E-state index is 12.0. The molecule has 1 atom stereocenters. The van der Waals surface area contributed by atoms with Crippen LogP contribution in [0.15, 0.2) is 30.3 Å². The molecular weight excluding hydrogens is 226 g/mol. The summed E-state index contributed by atoms with van der Waals surface area (Å²) in [5.41, 5.74) is 5.78. The van der Waals surface area contributed by atoms with Gasteiger partial charge in [0, 0.05) is 0 Å². The van der Waals surface area contributed by atoms with Gasteiger partial charge in [-0.25, -0.2) is 0 Å². The molecule has 1 aromatic carbocycles. The largest absolute Gasteiger partial charge is 0.459 e. The van der Waals surface area contributed by atoms with E-state index < -0.39 is 11.1 Å². The highest BCUT2D eigenvalue weighted by molar-refractivity contribution is 5.80. The number of rotatable bonds is 4. The number of benzene rings is 1. The van der Waals surface area contributed by atoms with Crippen LogP contribution >= 0.6 is 0 Å². The molecule has 0 aliphatic carbocycles. The summed E-state index contributed by atoms with van der Waals surface area (Å²) in [5.74, 6) is -0.342. The third-order valence-corrected chi connectivity index (χ3v) is 2.64. The Kier molecular flexibility index (Phi) is 4.52. The fourth-order valence-electron chi connectivity index (χ4n) is 1.55. The van der Waals surface area contributed by atoms with Crippen molar-refractivity contribution in [2.45, 2.75) is 51.7 Å². The average molecular weight is 249 g/mol. The summed E-state index contributed by atoms with van der Waals surface area (Å²) in [6.07, 6.45) is 1.35. The van der Waals surface area contributed by atoms with Gasteiger partial charge in [0.05, 0.1) is 0 Å². The van der Waals surface area contributed by atoms with Crippen molar-refractivity contribution in [3.63, 3.8) is 0 Å². The molecule has 0 aliphatic rings. The van der Waals surface area contributed by atoms with E-state index in [9.17, 15) is 4.79 Å². The van der Waals surface area contributed by atoms with E-state index in [1.807, 2.05) is 51.1 Å². The van der Waals surface area contributed by atoms with Crippen molar-refractivity contribution in [2.75, 3.05) is 0 Å². The van der Waals surface area contributed by atoms with Crippen molar-refractivity contribution in [1.29, 1.82) is 0 Å². The van der Waals surface area contributed by atoms with Crippen LogP contribution in [0.4, 0.5) is 0 Å². The van der Waals surface area contributed by atoms with E-state index in [1.165, 1.54) is 5.56 Å². The van der Waals surface area contributed by atoms with Crippen molar-refractivity contribution in [3.05, 3.63) is 35.9 Å². The second-order valence-corrected chi connectivity index (χ2v) is 5.90. The first kappa shape index (κ1) is 14.7. The van der Waals surface area contributed by atoms with Gasteiger partial charge in [0.1, 0.15) is 11.1 Å². The van der Waals surface area contributed by atoms with E-state index in [2.05, 4.69) is 0 Å². The second kappa shape index (κ2) is 5.53. The van der Waals surface area contributed by atoms with Crippen molar-refractivity contribution in [2.24, 2.45) is 5.73 Å². The van der Waals surface area contributed by atoms with Crippen LogP contribution in [-0.2, 0) is 16.0 Å². The minimum Gasteiger partial charge on any atom is -0.459 e. The van der Waals surface area contributed by atoms with Crippen LogP contribution in [-0.4, -0.2) is 17.1 Å². The van der Waals surface area contributed by atoms with Crippen molar-refractivity contribution in [1.82, 2.24) is 0 Å². The molecule has 2 N–H and O–H groups in total. The van der Waals surface area contributed by atoms with Gasteiger partial charge in [-0.1, -0.05) is 30.3 Å². The summed E-state index contributed by atoms with van der Waals surface area (Å²) in [6, 6.07) is 10.0. The zero-order chi connectivity index (χ0) is 13.8. The predicted octanol–water partition coefficient (Wildman–Crippen LogP) is 2.68.